The molecule has 1 aromatic carbocycles. The normalized spacial score (nSPS) is 18.0. The zero-order valence-electron chi connectivity index (χ0n) is 14.5. The number of aromatic carboxylic acids is 1. The highest BCUT2D eigenvalue weighted by molar-refractivity contribution is 5.88. The van der Waals surface area contributed by atoms with Crippen molar-refractivity contribution in [1.29, 1.82) is 0 Å². The highest BCUT2D eigenvalue weighted by Gasteiger charge is 2.22. The second-order valence-electron chi connectivity index (χ2n) is 6.67. The second-order valence-corrected chi connectivity index (χ2v) is 6.67. The molecule has 25 heavy (non-hydrogen) atoms. The number of hydrogen-bond donors (Lipinski definition) is 1. The van der Waals surface area contributed by atoms with Gasteiger partial charge >= 0.3 is 5.97 Å². The topological polar surface area (TPSA) is 62.7 Å². The standard InChI is InChI=1S/C20H24N2O3/c1-15-5-2-7-17(11-15)25-14-16-6-4-10-22(12-16)13-19-18(20(23)24)8-3-9-21-19/h2-3,5,7-9,11,16H,4,6,10,12-14H2,1H3,(H,23,24)/t16-/m0/s1. The molecule has 0 unspecified atom stereocenters. The van der Waals surface area contributed by atoms with E-state index in [9.17, 15) is 9.90 Å². The van der Waals surface area contributed by atoms with Crippen LogP contribution in [-0.4, -0.2) is 40.7 Å². The summed E-state index contributed by atoms with van der Waals surface area (Å²) in [6.07, 6.45) is 3.89. The summed E-state index contributed by atoms with van der Waals surface area (Å²) in [4.78, 5) is 17.9. The van der Waals surface area contributed by atoms with Gasteiger partial charge in [-0.3, -0.25) is 9.88 Å². The molecule has 0 bridgehead atoms. The van der Waals surface area contributed by atoms with Crippen molar-refractivity contribution in [1.82, 2.24) is 9.88 Å². The van der Waals surface area contributed by atoms with Gasteiger partial charge < -0.3 is 9.84 Å². The first-order valence-corrected chi connectivity index (χ1v) is 8.71. The third-order valence-corrected chi connectivity index (χ3v) is 4.57. The third kappa shape index (κ3) is 4.79. The van der Waals surface area contributed by atoms with Crippen molar-refractivity contribution in [2.75, 3.05) is 19.7 Å². The SMILES string of the molecule is Cc1cccc(OC[C@H]2CCCN(Cc3ncccc3C(=O)O)C2)c1. The molecular formula is C20H24N2O3. The van der Waals surface area contributed by atoms with Crippen LogP contribution in [0.2, 0.25) is 0 Å². The largest absolute Gasteiger partial charge is 0.493 e. The second kappa shape index (κ2) is 8.12. The number of nitrogens with zero attached hydrogens (tertiary/aromatic N) is 2. The Kier molecular flexibility index (Phi) is 5.66. The van der Waals surface area contributed by atoms with Gasteiger partial charge in [-0.2, -0.15) is 0 Å². The number of benzene rings is 1. The number of aryl methyl sites for hydroxylation is 1. The number of carboxylic acid groups (broad SMARTS) is 1. The number of pyridine rings is 1. The highest BCUT2D eigenvalue weighted by Crippen LogP contribution is 2.21. The van der Waals surface area contributed by atoms with Crippen molar-refractivity contribution in [3.63, 3.8) is 0 Å². The maximum Gasteiger partial charge on any atom is 0.337 e. The molecule has 0 aliphatic carbocycles. The molecule has 0 spiro atoms. The molecule has 2 aromatic rings. The molecule has 3 rings (SSSR count). The van der Waals surface area contributed by atoms with E-state index in [1.807, 2.05) is 18.2 Å². The molecule has 1 atom stereocenters. The first-order valence-electron chi connectivity index (χ1n) is 8.71. The van der Waals surface area contributed by atoms with Crippen molar-refractivity contribution < 1.29 is 14.6 Å². The fraction of sp³-hybridized carbons (Fsp3) is 0.400. The Morgan fingerprint density at radius 3 is 3.04 bits per heavy atom. The number of likely N-dealkylation sites (tertiary alicyclic amines) is 1. The van der Waals surface area contributed by atoms with Crippen LogP contribution in [0.25, 0.3) is 0 Å². The maximum absolute atomic E-state index is 11.3. The monoisotopic (exact) mass is 340 g/mol. The van der Waals surface area contributed by atoms with Crippen LogP contribution in [0.3, 0.4) is 0 Å². The molecule has 1 fully saturated rings. The summed E-state index contributed by atoms with van der Waals surface area (Å²) in [6.45, 7) is 5.19. The van der Waals surface area contributed by atoms with Crippen molar-refractivity contribution >= 4 is 5.97 Å². The molecule has 0 amide bonds. The minimum Gasteiger partial charge on any atom is -0.493 e. The molecule has 0 saturated carbocycles. The molecule has 1 aliphatic rings. The lowest BCUT2D eigenvalue weighted by atomic mass is 9.98. The molecule has 5 heteroatoms. The van der Waals surface area contributed by atoms with E-state index in [0.717, 1.165) is 31.7 Å². The van der Waals surface area contributed by atoms with E-state index >= 15 is 0 Å². The van der Waals surface area contributed by atoms with Crippen molar-refractivity contribution in [3.05, 3.63) is 59.4 Å². The number of ether oxygens (including phenoxy) is 1. The van der Waals surface area contributed by atoms with Gasteiger partial charge in [0, 0.05) is 25.2 Å². The maximum atomic E-state index is 11.3. The Morgan fingerprint density at radius 1 is 1.36 bits per heavy atom. The Labute approximate surface area is 148 Å². The zero-order chi connectivity index (χ0) is 17.6. The molecule has 1 aliphatic heterocycles. The lowest BCUT2D eigenvalue weighted by Crippen LogP contribution is -2.37. The first kappa shape index (κ1) is 17.4. The minimum absolute atomic E-state index is 0.292. The van der Waals surface area contributed by atoms with Gasteiger partial charge in [0.15, 0.2) is 0 Å². The molecule has 1 N–H and O–H groups in total. The van der Waals surface area contributed by atoms with Gasteiger partial charge in [-0.1, -0.05) is 12.1 Å². The van der Waals surface area contributed by atoms with Gasteiger partial charge in [0.05, 0.1) is 17.9 Å². The number of carbonyl (C=O) groups is 1. The predicted molar refractivity (Wildman–Crippen MR) is 95.9 cm³/mol. The van der Waals surface area contributed by atoms with E-state index in [1.165, 1.54) is 5.56 Å². The van der Waals surface area contributed by atoms with Crippen LogP contribution in [0.1, 0.15) is 34.5 Å². The minimum atomic E-state index is -0.917. The fourth-order valence-electron chi connectivity index (χ4n) is 3.32. The Bertz CT molecular complexity index is 732. The number of carboxylic acids is 1. The first-order chi connectivity index (χ1) is 12.1. The summed E-state index contributed by atoms with van der Waals surface area (Å²) in [5.41, 5.74) is 2.12. The quantitative estimate of drug-likeness (QED) is 0.873. The number of rotatable bonds is 6. The number of hydrogen-bond acceptors (Lipinski definition) is 4. The van der Waals surface area contributed by atoms with E-state index in [-0.39, 0.29) is 0 Å². The molecule has 1 saturated heterocycles. The van der Waals surface area contributed by atoms with E-state index in [0.29, 0.717) is 30.3 Å². The zero-order valence-corrected chi connectivity index (χ0v) is 14.5. The summed E-state index contributed by atoms with van der Waals surface area (Å²) in [7, 11) is 0. The van der Waals surface area contributed by atoms with Gasteiger partial charge in [0.2, 0.25) is 0 Å². The van der Waals surface area contributed by atoms with Crippen molar-refractivity contribution in [2.24, 2.45) is 5.92 Å². The molecular weight excluding hydrogens is 316 g/mol. The van der Waals surface area contributed by atoms with Gasteiger partial charge in [0.1, 0.15) is 5.75 Å². The third-order valence-electron chi connectivity index (χ3n) is 4.57. The Hall–Kier alpha value is -2.40. The molecule has 5 nitrogen and oxygen atoms in total. The highest BCUT2D eigenvalue weighted by atomic mass is 16.5. The average Bonchev–Trinajstić information content (AvgIpc) is 2.61. The molecule has 132 valence electrons. The smallest absolute Gasteiger partial charge is 0.337 e. The van der Waals surface area contributed by atoms with Crippen LogP contribution in [0.5, 0.6) is 5.75 Å². The van der Waals surface area contributed by atoms with E-state index in [1.54, 1.807) is 18.3 Å². The van der Waals surface area contributed by atoms with Crippen LogP contribution in [0.4, 0.5) is 0 Å². The molecule has 2 heterocycles. The van der Waals surface area contributed by atoms with E-state index < -0.39 is 5.97 Å². The molecule has 0 radical (unpaired) electrons. The van der Waals surface area contributed by atoms with E-state index in [2.05, 4.69) is 22.9 Å². The summed E-state index contributed by atoms with van der Waals surface area (Å²) < 4.78 is 5.95. The van der Waals surface area contributed by atoms with Gasteiger partial charge in [-0.15, -0.1) is 0 Å². The summed E-state index contributed by atoms with van der Waals surface area (Å²) in [5.74, 6) is 0.445. The lowest BCUT2D eigenvalue weighted by Gasteiger charge is -2.32. The van der Waals surface area contributed by atoms with Crippen LogP contribution < -0.4 is 4.74 Å². The van der Waals surface area contributed by atoms with Crippen LogP contribution in [0, 0.1) is 12.8 Å². The van der Waals surface area contributed by atoms with Gasteiger partial charge in [-0.25, -0.2) is 4.79 Å². The summed E-state index contributed by atoms with van der Waals surface area (Å²) >= 11 is 0. The van der Waals surface area contributed by atoms with Crippen molar-refractivity contribution in [2.45, 2.75) is 26.3 Å². The van der Waals surface area contributed by atoms with Gasteiger partial charge in [-0.05, 0) is 56.1 Å². The summed E-state index contributed by atoms with van der Waals surface area (Å²) in [6, 6.07) is 11.4. The number of aromatic nitrogens is 1. The van der Waals surface area contributed by atoms with Crippen molar-refractivity contribution in [3.8, 4) is 5.75 Å². The summed E-state index contributed by atoms with van der Waals surface area (Å²) in [5, 5.41) is 9.30. The number of piperidine rings is 1. The fourth-order valence-corrected chi connectivity index (χ4v) is 3.32. The van der Waals surface area contributed by atoms with E-state index in [4.69, 9.17) is 4.74 Å². The average molecular weight is 340 g/mol. The lowest BCUT2D eigenvalue weighted by molar-refractivity contribution is 0.0691. The predicted octanol–water partition coefficient (Wildman–Crippen LogP) is 3.38. The van der Waals surface area contributed by atoms with Crippen LogP contribution >= 0.6 is 0 Å². The Morgan fingerprint density at radius 2 is 2.24 bits per heavy atom. The Balaban J connectivity index is 1.57. The van der Waals surface area contributed by atoms with Gasteiger partial charge in [0.25, 0.3) is 0 Å². The van der Waals surface area contributed by atoms with Crippen LogP contribution in [-0.2, 0) is 6.54 Å². The van der Waals surface area contributed by atoms with Crippen LogP contribution in [0.15, 0.2) is 42.6 Å². The molecule has 1 aromatic heterocycles.